The van der Waals surface area contributed by atoms with E-state index in [1.807, 2.05) is 54.6 Å². The molecule has 0 fully saturated rings. The zero-order chi connectivity index (χ0) is 24.8. The summed E-state index contributed by atoms with van der Waals surface area (Å²) < 4.78 is 7.48. The summed E-state index contributed by atoms with van der Waals surface area (Å²) in [6.45, 7) is 0.403. The van der Waals surface area contributed by atoms with Crippen LogP contribution in [-0.2, 0) is 6.42 Å². The van der Waals surface area contributed by atoms with Crippen LogP contribution in [0.1, 0.15) is 25.6 Å². The summed E-state index contributed by atoms with van der Waals surface area (Å²) in [5.74, 6) is -0.515. The highest BCUT2D eigenvalue weighted by atomic mass is 79.9. The van der Waals surface area contributed by atoms with E-state index in [9.17, 15) is 9.59 Å². The lowest BCUT2D eigenvalue weighted by Gasteiger charge is -2.14. The van der Waals surface area contributed by atoms with Gasteiger partial charge in [-0.3, -0.25) is 25.8 Å². The highest BCUT2D eigenvalue weighted by Gasteiger charge is 2.18. The molecule has 0 aliphatic heterocycles. The first-order valence-corrected chi connectivity index (χ1v) is 12.9. The number of carbonyl (C=O) groups is 2. The van der Waals surface area contributed by atoms with Crippen molar-refractivity contribution in [2.24, 2.45) is 0 Å². The average Bonchev–Trinajstić information content (AvgIpc) is 3.20. The SMILES string of the molecule is O=C(NC(=S)NNC(=O)c1sc2ccccc2c1Cl)c1cc(Br)ccc1OCCc1ccccc1. The van der Waals surface area contributed by atoms with Crippen molar-refractivity contribution in [3.63, 3.8) is 0 Å². The van der Waals surface area contributed by atoms with Crippen LogP contribution in [0, 0.1) is 0 Å². The molecule has 0 radical (unpaired) electrons. The summed E-state index contributed by atoms with van der Waals surface area (Å²) in [6, 6.07) is 22.5. The number of nitrogens with one attached hydrogen (secondary N) is 3. The molecule has 1 aromatic heterocycles. The van der Waals surface area contributed by atoms with E-state index in [0.717, 1.165) is 15.6 Å². The average molecular weight is 589 g/mol. The number of thiocarbonyl (C=S) groups is 1. The molecule has 0 bridgehead atoms. The first-order chi connectivity index (χ1) is 16.9. The van der Waals surface area contributed by atoms with Gasteiger partial charge in [0.25, 0.3) is 11.8 Å². The van der Waals surface area contributed by atoms with Crippen LogP contribution in [0.2, 0.25) is 5.02 Å². The van der Waals surface area contributed by atoms with E-state index in [0.29, 0.717) is 38.7 Å². The summed E-state index contributed by atoms with van der Waals surface area (Å²) in [6.07, 6.45) is 0.699. The number of fused-ring (bicyclic) bond motifs is 1. The molecule has 0 aliphatic carbocycles. The summed E-state index contributed by atoms with van der Waals surface area (Å²) in [7, 11) is 0. The molecule has 6 nitrogen and oxygen atoms in total. The van der Waals surface area contributed by atoms with Crippen molar-refractivity contribution >= 4 is 78.1 Å². The second kappa shape index (κ2) is 11.6. The largest absolute Gasteiger partial charge is 0.492 e. The zero-order valence-corrected chi connectivity index (χ0v) is 22.1. The van der Waals surface area contributed by atoms with Crippen LogP contribution in [-0.4, -0.2) is 23.5 Å². The lowest BCUT2D eigenvalue weighted by atomic mass is 10.1. The van der Waals surface area contributed by atoms with Crippen molar-refractivity contribution in [3.8, 4) is 5.75 Å². The van der Waals surface area contributed by atoms with E-state index in [4.69, 9.17) is 28.6 Å². The Labute approximate surface area is 224 Å². The van der Waals surface area contributed by atoms with Gasteiger partial charge in [-0.2, -0.15) is 0 Å². The Balaban J connectivity index is 1.35. The maximum atomic E-state index is 12.9. The topological polar surface area (TPSA) is 79.5 Å². The van der Waals surface area contributed by atoms with Crippen molar-refractivity contribution in [3.05, 3.63) is 98.3 Å². The third-order valence-corrected chi connectivity index (χ3v) is 7.31. The molecule has 0 saturated heterocycles. The van der Waals surface area contributed by atoms with Gasteiger partial charge in [0.1, 0.15) is 10.6 Å². The van der Waals surface area contributed by atoms with E-state index in [1.165, 1.54) is 11.3 Å². The standard InChI is InChI=1S/C25H19BrClN3O3S2/c26-16-10-11-19(33-13-12-15-6-2-1-3-7-15)18(14-16)23(31)28-25(34)30-29-24(32)22-21(27)17-8-4-5-9-20(17)35-22/h1-11,14H,12-13H2,(H,29,32)(H2,28,30,31,34). The molecule has 2 amide bonds. The van der Waals surface area contributed by atoms with Crippen LogP contribution in [0.5, 0.6) is 5.75 Å². The maximum absolute atomic E-state index is 12.9. The Bertz CT molecular complexity index is 1400. The van der Waals surface area contributed by atoms with Gasteiger partial charge in [-0.15, -0.1) is 11.3 Å². The van der Waals surface area contributed by atoms with Crippen molar-refractivity contribution in [2.45, 2.75) is 6.42 Å². The summed E-state index contributed by atoms with van der Waals surface area (Å²) >= 11 is 16.2. The second-order valence-electron chi connectivity index (χ2n) is 7.33. The van der Waals surface area contributed by atoms with Gasteiger partial charge < -0.3 is 4.74 Å². The Morgan fingerprint density at radius 3 is 2.49 bits per heavy atom. The number of ether oxygens (including phenoxy) is 1. The van der Waals surface area contributed by atoms with Gasteiger partial charge in [-0.1, -0.05) is 76.1 Å². The van der Waals surface area contributed by atoms with Crippen molar-refractivity contribution < 1.29 is 14.3 Å². The lowest BCUT2D eigenvalue weighted by molar-refractivity contribution is 0.0937. The number of halogens is 2. The van der Waals surface area contributed by atoms with Crippen molar-refractivity contribution in [1.29, 1.82) is 0 Å². The normalized spacial score (nSPS) is 10.6. The van der Waals surface area contributed by atoms with E-state index in [-0.39, 0.29) is 5.11 Å². The van der Waals surface area contributed by atoms with Crippen LogP contribution in [0.3, 0.4) is 0 Å². The number of rotatable bonds is 6. The number of hydrogen-bond acceptors (Lipinski definition) is 5. The highest BCUT2D eigenvalue weighted by Crippen LogP contribution is 2.34. The van der Waals surface area contributed by atoms with Gasteiger partial charge in [-0.05, 0) is 42.0 Å². The molecule has 3 aromatic carbocycles. The van der Waals surface area contributed by atoms with Gasteiger partial charge in [-0.25, -0.2) is 0 Å². The summed E-state index contributed by atoms with van der Waals surface area (Å²) in [4.78, 5) is 25.8. The molecular formula is C25H19BrClN3O3S2. The van der Waals surface area contributed by atoms with Crippen molar-refractivity contribution in [2.75, 3.05) is 6.61 Å². The number of amides is 2. The lowest BCUT2D eigenvalue weighted by Crippen LogP contribution is -2.48. The molecule has 178 valence electrons. The fourth-order valence-corrected chi connectivity index (χ4v) is 5.18. The van der Waals surface area contributed by atoms with Gasteiger partial charge in [0.05, 0.1) is 17.2 Å². The van der Waals surface area contributed by atoms with Crippen LogP contribution in [0.25, 0.3) is 10.1 Å². The molecule has 0 unspecified atom stereocenters. The summed E-state index contributed by atoms with van der Waals surface area (Å²) in [5, 5.41) is 3.65. The molecule has 4 aromatic rings. The van der Waals surface area contributed by atoms with E-state index in [2.05, 4.69) is 32.1 Å². The molecule has 0 aliphatic rings. The van der Waals surface area contributed by atoms with Gasteiger partial charge in [0.15, 0.2) is 5.11 Å². The smallest absolute Gasteiger partial charge is 0.281 e. The van der Waals surface area contributed by atoms with E-state index >= 15 is 0 Å². The monoisotopic (exact) mass is 587 g/mol. The van der Waals surface area contributed by atoms with Crippen LogP contribution in [0.15, 0.2) is 77.3 Å². The first-order valence-electron chi connectivity index (χ1n) is 10.5. The number of benzene rings is 3. The fraction of sp³-hybridized carbons (Fsp3) is 0.0800. The minimum Gasteiger partial charge on any atom is -0.492 e. The summed E-state index contributed by atoms with van der Waals surface area (Å²) in [5.41, 5.74) is 6.46. The second-order valence-corrected chi connectivity index (χ2v) is 10.1. The molecule has 3 N–H and O–H groups in total. The minimum absolute atomic E-state index is 0.0733. The first kappa shape index (κ1) is 25.1. The molecule has 0 spiro atoms. The Hall–Kier alpha value is -2.98. The van der Waals surface area contributed by atoms with E-state index in [1.54, 1.807) is 18.2 Å². The van der Waals surface area contributed by atoms with Crippen molar-refractivity contribution in [1.82, 2.24) is 16.2 Å². The number of hydrogen-bond donors (Lipinski definition) is 3. The molecule has 4 rings (SSSR count). The Morgan fingerprint density at radius 1 is 0.971 bits per heavy atom. The quantitative estimate of drug-likeness (QED) is 0.193. The number of hydrazine groups is 1. The van der Waals surface area contributed by atoms with Crippen LogP contribution in [0.4, 0.5) is 0 Å². The Morgan fingerprint density at radius 2 is 1.71 bits per heavy atom. The molecule has 35 heavy (non-hydrogen) atoms. The maximum Gasteiger partial charge on any atom is 0.281 e. The molecule has 0 saturated carbocycles. The van der Waals surface area contributed by atoms with Gasteiger partial charge >= 0.3 is 0 Å². The molecular weight excluding hydrogens is 570 g/mol. The zero-order valence-electron chi connectivity index (χ0n) is 18.1. The van der Waals surface area contributed by atoms with E-state index < -0.39 is 11.8 Å². The fourth-order valence-electron chi connectivity index (χ4n) is 3.26. The minimum atomic E-state index is -0.479. The number of thiophene rings is 1. The Kier molecular flexibility index (Phi) is 8.35. The predicted octanol–water partition coefficient (Wildman–Crippen LogP) is 5.89. The van der Waals surface area contributed by atoms with Gasteiger partial charge in [0, 0.05) is 21.0 Å². The third-order valence-electron chi connectivity index (χ3n) is 4.94. The van der Waals surface area contributed by atoms with Crippen LogP contribution >= 0.6 is 51.1 Å². The highest BCUT2D eigenvalue weighted by molar-refractivity contribution is 9.10. The van der Waals surface area contributed by atoms with Crippen LogP contribution < -0.4 is 20.9 Å². The third kappa shape index (κ3) is 6.37. The molecule has 0 atom stereocenters. The predicted molar refractivity (Wildman–Crippen MR) is 147 cm³/mol. The van der Waals surface area contributed by atoms with Gasteiger partial charge in [0.2, 0.25) is 0 Å². The number of carbonyl (C=O) groups excluding carboxylic acids is 2. The molecule has 1 heterocycles. The molecule has 10 heteroatoms.